The third-order valence-corrected chi connectivity index (χ3v) is 2.64. The van der Waals surface area contributed by atoms with Crippen LogP contribution in [0.3, 0.4) is 0 Å². The second kappa shape index (κ2) is 4.11. The van der Waals surface area contributed by atoms with Crippen LogP contribution in [0.2, 0.25) is 5.02 Å². The molecule has 1 aromatic carbocycles. The minimum absolute atomic E-state index is 0.301. The van der Waals surface area contributed by atoms with Crippen LogP contribution in [0.15, 0.2) is 35.3 Å². The molecule has 0 aliphatic rings. The minimum atomic E-state index is 0.301. The van der Waals surface area contributed by atoms with E-state index in [0.29, 0.717) is 5.92 Å². The Balaban J connectivity index is 3.12. The average Bonchev–Trinajstić information content (AvgIpc) is 2.08. The van der Waals surface area contributed by atoms with Crippen molar-refractivity contribution < 1.29 is 0 Å². The topological polar surface area (TPSA) is 0 Å². The van der Waals surface area contributed by atoms with Crippen LogP contribution in [0.25, 0.3) is 0 Å². The van der Waals surface area contributed by atoms with Crippen molar-refractivity contribution in [1.29, 1.82) is 0 Å². The Morgan fingerprint density at radius 3 is 2.83 bits per heavy atom. The van der Waals surface area contributed by atoms with Gasteiger partial charge in [-0.05, 0) is 23.8 Å². The third kappa shape index (κ3) is 2.11. The highest BCUT2D eigenvalue weighted by atomic mass is 79.9. The fourth-order valence-corrected chi connectivity index (χ4v) is 1.66. The highest BCUT2D eigenvalue weighted by Crippen LogP contribution is 2.27. The summed E-state index contributed by atoms with van der Waals surface area (Å²) in [6.45, 7) is 5.80. The number of halogens is 2. The van der Waals surface area contributed by atoms with E-state index in [-0.39, 0.29) is 0 Å². The number of hydrogen-bond acceptors (Lipinski definition) is 0. The summed E-state index contributed by atoms with van der Waals surface area (Å²) < 4.78 is 1.05. The van der Waals surface area contributed by atoms with Gasteiger partial charge in [-0.2, -0.15) is 0 Å². The first-order valence-corrected chi connectivity index (χ1v) is 4.89. The maximum Gasteiger partial charge on any atom is 0.0444 e. The lowest BCUT2D eigenvalue weighted by Gasteiger charge is -2.08. The molecule has 1 aromatic rings. The molecule has 0 radical (unpaired) electrons. The van der Waals surface area contributed by atoms with Gasteiger partial charge in [0.25, 0.3) is 0 Å². The summed E-state index contributed by atoms with van der Waals surface area (Å²) in [7, 11) is 0. The van der Waals surface area contributed by atoms with Gasteiger partial charge in [0.05, 0.1) is 0 Å². The van der Waals surface area contributed by atoms with Gasteiger partial charge in [0, 0.05) is 15.4 Å². The predicted molar refractivity (Wildman–Crippen MR) is 57.8 cm³/mol. The molecule has 0 bridgehead atoms. The fourth-order valence-electron chi connectivity index (χ4n) is 0.991. The van der Waals surface area contributed by atoms with Crippen molar-refractivity contribution in [2.75, 3.05) is 0 Å². The van der Waals surface area contributed by atoms with Gasteiger partial charge < -0.3 is 0 Å². The summed E-state index contributed by atoms with van der Waals surface area (Å²) in [5, 5.41) is 0.797. The zero-order chi connectivity index (χ0) is 9.14. The molecule has 0 fully saturated rings. The molecule has 1 atom stereocenters. The molecule has 0 aliphatic heterocycles. The Bertz CT molecular complexity index is 294. The van der Waals surface area contributed by atoms with Crippen LogP contribution in [-0.4, -0.2) is 0 Å². The number of benzene rings is 1. The van der Waals surface area contributed by atoms with E-state index in [4.69, 9.17) is 11.6 Å². The first-order valence-electron chi connectivity index (χ1n) is 3.72. The zero-order valence-corrected chi connectivity index (χ0v) is 9.19. The van der Waals surface area contributed by atoms with Crippen molar-refractivity contribution in [3.05, 3.63) is 45.9 Å². The molecule has 0 nitrogen and oxygen atoms in total. The van der Waals surface area contributed by atoms with E-state index in [1.807, 2.05) is 24.3 Å². The van der Waals surface area contributed by atoms with Crippen LogP contribution in [0, 0.1) is 0 Å². The van der Waals surface area contributed by atoms with E-state index in [2.05, 4.69) is 29.4 Å². The van der Waals surface area contributed by atoms with Crippen molar-refractivity contribution in [3.8, 4) is 0 Å². The van der Waals surface area contributed by atoms with Crippen LogP contribution in [0.5, 0.6) is 0 Å². The molecule has 12 heavy (non-hydrogen) atoms. The highest BCUT2D eigenvalue weighted by Gasteiger charge is 2.05. The van der Waals surface area contributed by atoms with Crippen LogP contribution < -0.4 is 0 Å². The predicted octanol–water partition coefficient (Wildman–Crippen LogP) is 4.39. The summed E-state index contributed by atoms with van der Waals surface area (Å²) >= 11 is 9.40. The molecule has 1 unspecified atom stereocenters. The van der Waals surface area contributed by atoms with Gasteiger partial charge in [0.1, 0.15) is 0 Å². The van der Waals surface area contributed by atoms with Crippen LogP contribution in [-0.2, 0) is 0 Å². The van der Waals surface area contributed by atoms with Crippen molar-refractivity contribution >= 4 is 27.5 Å². The molecule has 0 spiro atoms. The van der Waals surface area contributed by atoms with Crippen LogP contribution in [0.4, 0.5) is 0 Å². The Kier molecular flexibility index (Phi) is 3.36. The Morgan fingerprint density at radius 2 is 2.25 bits per heavy atom. The molecule has 0 saturated heterocycles. The smallest absolute Gasteiger partial charge is 0.0444 e. The van der Waals surface area contributed by atoms with E-state index in [0.717, 1.165) is 15.1 Å². The van der Waals surface area contributed by atoms with Gasteiger partial charge in [0.2, 0.25) is 0 Å². The molecule has 1 rings (SSSR count). The summed E-state index contributed by atoms with van der Waals surface area (Å²) in [5.41, 5.74) is 1.11. The third-order valence-electron chi connectivity index (χ3n) is 1.80. The zero-order valence-electron chi connectivity index (χ0n) is 6.85. The van der Waals surface area contributed by atoms with E-state index >= 15 is 0 Å². The number of allylic oxidation sites excluding steroid dienone is 1. The molecule has 0 aromatic heterocycles. The standard InChI is InChI=1S/C10H10BrCl/c1-3-7(2)9-6-8(11)4-5-10(9)12/h3-7H,1H2,2H3. The first-order chi connectivity index (χ1) is 5.65. The van der Waals surface area contributed by atoms with Gasteiger partial charge >= 0.3 is 0 Å². The maximum absolute atomic E-state index is 6.00. The highest BCUT2D eigenvalue weighted by molar-refractivity contribution is 9.10. The van der Waals surface area contributed by atoms with E-state index in [1.165, 1.54) is 0 Å². The Morgan fingerprint density at radius 1 is 1.58 bits per heavy atom. The van der Waals surface area contributed by atoms with E-state index in [1.54, 1.807) is 0 Å². The van der Waals surface area contributed by atoms with Gasteiger partial charge in [-0.3, -0.25) is 0 Å². The normalized spacial score (nSPS) is 12.6. The maximum atomic E-state index is 6.00. The molecule has 0 heterocycles. The minimum Gasteiger partial charge on any atom is -0.102 e. The Hall–Kier alpha value is -0.270. The largest absolute Gasteiger partial charge is 0.102 e. The van der Waals surface area contributed by atoms with Gasteiger partial charge in [-0.15, -0.1) is 6.58 Å². The van der Waals surface area contributed by atoms with E-state index in [9.17, 15) is 0 Å². The molecule has 2 heteroatoms. The lowest BCUT2D eigenvalue weighted by atomic mass is 10.0. The van der Waals surface area contributed by atoms with Crippen molar-refractivity contribution in [2.45, 2.75) is 12.8 Å². The lowest BCUT2D eigenvalue weighted by molar-refractivity contribution is 0.970. The van der Waals surface area contributed by atoms with Crippen molar-refractivity contribution in [1.82, 2.24) is 0 Å². The second-order valence-electron chi connectivity index (χ2n) is 2.69. The van der Waals surface area contributed by atoms with Crippen molar-refractivity contribution in [3.63, 3.8) is 0 Å². The summed E-state index contributed by atoms with van der Waals surface area (Å²) in [5.74, 6) is 0.301. The molecule has 0 N–H and O–H groups in total. The molecular formula is C10H10BrCl. The molecule has 64 valence electrons. The summed E-state index contributed by atoms with van der Waals surface area (Å²) in [6, 6.07) is 5.84. The number of rotatable bonds is 2. The molecular weight excluding hydrogens is 235 g/mol. The second-order valence-corrected chi connectivity index (χ2v) is 4.01. The SMILES string of the molecule is C=CC(C)c1cc(Br)ccc1Cl. The summed E-state index contributed by atoms with van der Waals surface area (Å²) in [4.78, 5) is 0. The van der Waals surface area contributed by atoms with E-state index < -0.39 is 0 Å². The average molecular weight is 246 g/mol. The van der Waals surface area contributed by atoms with Gasteiger partial charge in [-0.25, -0.2) is 0 Å². The van der Waals surface area contributed by atoms with Crippen LogP contribution in [0.1, 0.15) is 18.4 Å². The van der Waals surface area contributed by atoms with Gasteiger partial charge in [0.15, 0.2) is 0 Å². The summed E-state index contributed by atoms with van der Waals surface area (Å²) in [6.07, 6.45) is 1.88. The molecule has 0 saturated carbocycles. The van der Waals surface area contributed by atoms with Crippen LogP contribution >= 0.6 is 27.5 Å². The Labute approximate surface area is 86.4 Å². The monoisotopic (exact) mass is 244 g/mol. The lowest BCUT2D eigenvalue weighted by Crippen LogP contribution is -1.89. The van der Waals surface area contributed by atoms with Crippen molar-refractivity contribution in [2.24, 2.45) is 0 Å². The molecule has 0 amide bonds. The quantitative estimate of drug-likeness (QED) is 0.678. The number of hydrogen-bond donors (Lipinski definition) is 0. The first kappa shape index (κ1) is 9.82. The molecule has 0 aliphatic carbocycles. The fraction of sp³-hybridized carbons (Fsp3) is 0.200. The van der Waals surface area contributed by atoms with Gasteiger partial charge in [-0.1, -0.05) is 40.5 Å².